The summed E-state index contributed by atoms with van der Waals surface area (Å²) < 4.78 is 0. The van der Waals surface area contributed by atoms with E-state index in [4.69, 9.17) is 5.73 Å². The van der Waals surface area contributed by atoms with Crippen LogP contribution >= 0.6 is 0 Å². The zero-order valence-electron chi connectivity index (χ0n) is 26.6. The van der Waals surface area contributed by atoms with Gasteiger partial charge in [-0.3, -0.25) is 19.4 Å². The van der Waals surface area contributed by atoms with Crippen LogP contribution in [0.2, 0.25) is 0 Å². The van der Waals surface area contributed by atoms with Gasteiger partial charge in [-0.25, -0.2) is 0 Å². The van der Waals surface area contributed by atoms with Crippen molar-refractivity contribution in [3.8, 4) is 6.07 Å². The van der Waals surface area contributed by atoms with E-state index in [-0.39, 0.29) is 42.4 Å². The standard InChI is InChI=1S/C34H43N7O3/c1-20(38-19-30(42)41-26(18-35)15-25-16-29(25)41)17-34(33(36)37-2)27-11-9-23(31(43)39(3)4)13-21(27)7-8-22-14-24(10-12-28(22)34)32(44)40(5)6/h9-14,20,25-26,29,38H,7-8,15-17,19H2,1-6H3,(H2,36,37)/t20-,25-,26?,29+/m1/s1. The number of carbonyl (C=O) groups excluding carboxylic acids is 3. The van der Waals surface area contributed by atoms with Crippen molar-refractivity contribution in [1.82, 2.24) is 20.0 Å². The summed E-state index contributed by atoms with van der Waals surface area (Å²) in [6, 6.07) is 13.5. The van der Waals surface area contributed by atoms with E-state index in [0.29, 0.717) is 42.1 Å². The summed E-state index contributed by atoms with van der Waals surface area (Å²) in [4.78, 5) is 48.6. The number of carbonyl (C=O) groups is 3. The predicted molar refractivity (Wildman–Crippen MR) is 169 cm³/mol. The highest BCUT2D eigenvalue weighted by molar-refractivity contribution is 5.99. The number of nitrogens with one attached hydrogen (secondary N) is 1. The molecule has 232 valence electrons. The minimum absolute atomic E-state index is 0.0556. The zero-order valence-corrected chi connectivity index (χ0v) is 26.6. The molecule has 0 radical (unpaired) electrons. The third-order valence-corrected chi connectivity index (χ3v) is 9.53. The van der Waals surface area contributed by atoms with Crippen molar-refractivity contribution in [2.24, 2.45) is 16.6 Å². The number of hydrogen-bond donors (Lipinski definition) is 2. The lowest BCUT2D eigenvalue weighted by Gasteiger charge is -2.38. The van der Waals surface area contributed by atoms with Crippen LogP contribution < -0.4 is 11.1 Å². The fourth-order valence-corrected chi connectivity index (χ4v) is 7.24. The van der Waals surface area contributed by atoms with E-state index in [9.17, 15) is 19.6 Å². The third-order valence-electron chi connectivity index (χ3n) is 9.53. The lowest BCUT2D eigenvalue weighted by atomic mass is 9.67. The van der Waals surface area contributed by atoms with Crippen LogP contribution in [0.15, 0.2) is 41.4 Å². The van der Waals surface area contributed by atoms with E-state index in [1.165, 1.54) is 0 Å². The van der Waals surface area contributed by atoms with Gasteiger partial charge >= 0.3 is 0 Å². The van der Waals surface area contributed by atoms with E-state index in [2.05, 4.69) is 16.4 Å². The number of rotatable bonds is 8. The highest BCUT2D eigenvalue weighted by Gasteiger charge is 2.54. The SMILES string of the molecule is CN=C(N)C1(C[C@@H](C)NCC(=O)N2C(C#N)C[C@@H]3C[C@@H]32)c2ccc(C(=O)N(C)C)cc2CCc2cc(C(=O)N(C)C)ccc21. The van der Waals surface area contributed by atoms with Crippen LogP contribution in [0.5, 0.6) is 0 Å². The number of piperidine rings is 1. The number of amidine groups is 1. The molecule has 10 heteroatoms. The number of fused-ring (bicyclic) bond motifs is 3. The molecular weight excluding hydrogens is 554 g/mol. The van der Waals surface area contributed by atoms with Gasteiger partial charge in [-0.1, -0.05) is 12.1 Å². The van der Waals surface area contributed by atoms with Crippen molar-refractivity contribution >= 4 is 23.6 Å². The van der Waals surface area contributed by atoms with Gasteiger partial charge in [0, 0.05) is 58.4 Å². The molecule has 1 unspecified atom stereocenters. The molecule has 1 aliphatic heterocycles. The van der Waals surface area contributed by atoms with Crippen molar-refractivity contribution in [2.45, 2.75) is 62.6 Å². The number of aryl methyl sites for hydroxylation is 2. The summed E-state index contributed by atoms with van der Waals surface area (Å²) >= 11 is 0. The van der Waals surface area contributed by atoms with Crippen molar-refractivity contribution in [2.75, 3.05) is 41.8 Å². The molecule has 3 aliphatic rings. The number of aliphatic imine (C=N–C) groups is 1. The highest BCUT2D eigenvalue weighted by atomic mass is 16.2. The van der Waals surface area contributed by atoms with Crippen LogP contribution in [-0.2, 0) is 23.1 Å². The van der Waals surface area contributed by atoms with Crippen molar-refractivity contribution < 1.29 is 14.4 Å². The number of likely N-dealkylation sites (tertiary alicyclic amines) is 1. The lowest BCUT2D eigenvalue weighted by Crippen LogP contribution is -2.49. The molecule has 2 aliphatic carbocycles. The van der Waals surface area contributed by atoms with Gasteiger partial charge in [-0.05, 0) is 91.5 Å². The van der Waals surface area contributed by atoms with Gasteiger partial charge in [0.1, 0.15) is 11.9 Å². The van der Waals surface area contributed by atoms with Gasteiger partial charge in [0.2, 0.25) is 5.91 Å². The van der Waals surface area contributed by atoms with E-state index in [1.807, 2.05) is 43.3 Å². The summed E-state index contributed by atoms with van der Waals surface area (Å²) in [5, 5.41) is 13.0. The largest absolute Gasteiger partial charge is 0.386 e. The average Bonchev–Trinajstić information content (AvgIpc) is 3.71. The van der Waals surface area contributed by atoms with Crippen LogP contribution in [0.1, 0.15) is 69.2 Å². The molecule has 10 nitrogen and oxygen atoms in total. The fourth-order valence-electron chi connectivity index (χ4n) is 7.24. The highest BCUT2D eigenvalue weighted by Crippen LogP contribution is 2.48. The molecule has 5 rings (SSSR count). The Hall–Kier alpha value is -4.23. The Bertz CT molecular complexity index is 1480. The normalized spacial score (nSPS) is 22.1. The first-order valence-electron chi connectivity index (χ1n) is 15.3. The van der Waals surface area contributed by atoms with E-state index < -0.39 is 5.41 Å². The van der Waals surface area contributed by atoms with Gasteiger partial charge in [-0.2, -0.15) is 5.26 Å². The molecule has 1 heterocycles. The Morgan fingerprint density at radius 2 is 1.57 bits per heavy atom. The first-order valence-corrected chi connectivity index (χ1v) is 15.3. The van der Waals surface area contributed by atoms with Crippen molar-refractivity contribution in [3.63, 3.8) is 0 Å². The van der Waals surface area contributed by atoms with E-state index in [0.717, 1.165) is 35.1 Å². The van der Waals surface area contributed by atoms with Gasteiger partial charge in [0.15, 0.2) is 0 Å². The first kappa shape index (κ1) is 31.2. The van der Waals surface area contributed by atoms with Gasteiger partial charge in [0.25, 0.3) is 11.8 Å². The van der Waals surface area contributed by atoms with Crippen molar-refractivity contribution in [3.05, 3.63) is 69.8 Å². The predicted octanol–water partition coefficient (Wildman–Crippen LogP) is 2.34. The molecule has 1 saturated heterocycles. The van der Waals surface area contributed by atoms with Gasteiger partial charge < -0.3 is 25.8 Å². The topological polar surface area (TPSA) is 135 Å². The Labute approximate surface area is 259 Å². The minimum atomic E-state index is -0.880. The fraction of sp³-hybridized carbons (Fsp3) is 0.500. The van der Waals surface area contributed by atoms with E-state index >= 15 is 0 Å². The summed E-state index contributed by atoms with van der Waals surface area (Å²) in [5.41, 5.74) is 11.1. The number of benzene rings is 2. The summed E-state index contributed by atoms with van der Waals surface area (Å²) in [6.45, 7) is 2.15. The van der Waals surface area contributed by atoms with E-state index in [1.54, 1.807) is 49.9 Å². The monoisotopic (exact) mass is 597 g/mol. The molecule has 3 amide bonds. The third kappa shape index (κ3) is 5.45. The Morgan fingerprint density at radius 1 is 1.02 bits per heavy atom. The molecule has 2 fully saturated rings. The zero-order chi connectivity index (χ0) is 31.9. The smallest absolute Gasteiger partial charge is 0.253 e. The minimum Gasteiger partial charge on any atom is -0.386 e. The molecule has 4 atom stereocenters. The van der Waals surface area contributed by atoms with Gasteiger partial charge in [0.05, 0.1) is 18.0 Å². The van der Waals surface area contributed by atoms with Crippen LogP contribution in [-0.4, -0.2) is 98.2 Å². The quantitative estimate of drug-likeness (QED) is 0.354. The molecule has 2 aromatic carbocycles. The summed E-state index contributed by atoms with van der Waals surface area (Å²) in [6.07, 6.45) is 3.54. The number of nitriles is 1. The summed E-state index contributed by atoms with van der Waals surface area (Å²) in [7, 11) is 8.62. The molecule has 1 saturated carbocycles. The maximum absolute atomic E-state index is 13.3. The molecule has 2 aromatic rings. The molecule has 44 heavy (non-hydrogen) atoms. The number of nitrogens with zero attached hydrogens (tertiary/aromatic N) is 5. The number of hydrogen-bond acceptors (Lipinski definition) is 6. The Kier molecular flexibility index (Phi) is 8.54. The van der Waals surface area contributed by atoms with Crippen LogP contribution in [0.4, 0.5) is 0 Å². The second-order valence-electron chi connectivity index (χ2n) is 12.9. The second kappa shape index (κ2) is 12.0. The van der Waals surface area contributed by atoms with Crippen LogP contribution in [0, 0.1) is 17.2 Å². The lowest BCUT2D eigenvalue weighted by molar-refractivity contribution is -0.131. The molecule has 3 N–H and O–H groups in total. The second-order valence-corrected chi connectivity index (χ2v) is 12.9. The number of amides is 3. The maximum atomic E-state index is 13.3. The Morgan fingerprint density at radius 3 is 2.05 bits per heavy atom. The average molecular weight is 598 g/mol. The van der Waals surface area contributed by atoms with Crippen LogP contribution in [0.25, 0.3) is 0 Å². The maximum Gasteiger partial charge on any atom is 0.253 e. The van der Waals surface area contributed by atoms with Gasteiger partial charge in [-0.15, -0.1) is 0 Å². The molecule has 0 bridgehead atoms. The number of nitrogens with two attached hydrogens (primary N) is 1. The van der Waals surface area contributed by atoms with Crippen molar-refractivity contribution in [1.29, 1.82) is 5.26 Å². The molecule has 0 aromatic heterocycles. The molecular formula is C34H43N7O3. The Balaban J connectivity index is 1.55. The van der Waals surface area contributed by atoms with Crippen LogP contribution in [0.3, 0.4) is 0 Å². The summed E-state index contributed by atoms with van der Waals surface area (Å²) in [5.74, 6) is 0.655. The molecule has 0 spiro atoms. The first-order chi connectivity index (χ1) is 20.9.